The van der Waals surface area contributed by atoms with Gasteiger partial charge in [-0.1, -0.05) is 54.9 Å². The Bertz CT molecular complexity index is 1100. The normalized spacial score (nSPS) is 12.0. The number of halogens is 2. The number of rotatable bonds is 6. The van der Waals surface area contributed by atoms with Gasteiger partial charge >= 0.3 is 0 Å². The summed E-state index contributed by atoms with van der Waals surface area (Å²) in [5, 5.41) is 12.1. The summed E-state index contributed by atoms with van der Waals surface area (Å²) in [4.78, 5) is 0. The number of benzene rings is 3. The smallest absolute Gasteiger partial charge is 0.247 e. The van der Waals surface area contributed by atoms with Gasteiger partial charge in [0.05, 0.1) is 0 Å². The Morgan fingerprint density at radius 3 is 2.45 bits per heavy atom. The molecule has 0 radical (unpaired) electrons. The Morgan fingerprint density at radius 1 is 1.00 bits per heavy atom. The molecule has 1 aromatic heterocycles. The Hall–Kier alpha value is -3.18. The van der Waals surface area contributed by atoms with E-state index in [4.69, 9.17) is 16.0 Å². The van der Waals surface area contributed by atoms with E-state index in [1.54, 1.807) is 6.07 Å². The lowest BCUT2D eigenvalue weighted by Gasteiger charge is -2.18. The molecule has 0 saturated carbocycles. The molecule has 4 rings (SSSR count). The van der Waals surface area contributed by atoms with Crippen LogP contribution < -0.4 is 5.32 Å². The van der Waals surface area contributed by atoms with Crippen LogP contribution in [0.5, 0.6) is 0 Å². The lowest BCUT2D eigenvalue weighted by atomic mass is 10.1. The van der Waals surface area contributed by atoms with Crippen molar-refractivity contribution in [2.24, 2.45) is 0 Å². The largest absolute Gasteiger partial charge is 0.418 e. The first-order valence-electron chi connectivity index (χ1n) is 9.33. The van der Waals surface area contributed by atoms with Gasteiger partial charge in [0.2, 0.25) is 11.8 Å². The zero-order valence-corrected chi connectivity index (χ0v) is 16.5. The maximum absolute atomic E-state index is 13.6. The lowest BCUT2D eigenvalue weighted by molar-refractivity contribution is 0.494. The zero-order chi connectivity index (χ0) is 20.2. The zero-order valence-electron chi connectivity index (χ0n) is 15.8. The van der Waals surface area contributed by atoms with Crippen molar-refractivity contribution in [3.63, 3.8) is 0 Å². The van der Waals surface area contributed by atoms with Gasteiger partial charge < -0.3 is 9.73 Å². The van der Waals surface area contributed by atoms with E-state index in [9.17, 15) is 4.39 Å². The molecule has 146 valence electrons. The maximum atomic E-state index is 13.6. The predicted octanol–water partition coefficient (Wildman–Crippen LogP) is 6.29. The topological polar surface area (TPSA) is 51.0 Å². The third-order valence-corrected chi connectivity index (χ3v) is 4.98. The molecule has 0 aliphatic rings. The van der Waals surface area contributed by atoms with Crippen molar-refractivity contribution >= 4 is 17.3 Å². The van der Waals surface area contributed by atoms with Gasteiger partial charge in [0.15, 0.2) is 0 Å². The van der Waals surface area contributed by atoms with E-state index < -0.39 is 11.9 Å². The van der Waals surface area contributed by atoms with Gasteiger partial charge in [0.25, 0.3) is 0 Å². The van der Waals surface area contributed by atoms with Gasteiger partial charge in [-0.05, 0) is 48.4 Å². The fraction of sp³-hybridized carbons (Fsp3) is 0.130. The highest BCUT2D eigenvalue weighted by molar-refractivity contribution is 6.31. The van der Waals surface area contributed by atoms with Gasteiger partial charge in [-0.2, -0.15) is 0 Å². The van der Waals surface area contributed by atoms with Crippen LogP contribution in [0, 0.1) is 5.82 Å². The molecule has 0 fully saturated rings. The van der Waals surface area contributed by atoms with E-state index in [-0.39, 0.29) is 5.02 Å². The average molecular weight is 408 g/mol. The number of anilines is 1. The van der Waals surface area contributed by atoms with Crippen LogP contribution >= 0.6 is 11.6 Å². The molecule has 0 bridgehead atoms. The average Bonchev–Trinajstić information content (AvgIpc) is 3.24. The minimum absolute atomic E-state index is 0.284. The van der Waals surface area contributed by atoms with Gasteiger partial charge in [-0.25, -0.2) is 4.39 Å². The summed E-state index contributed by atoms with van der Waals surface area (Å²) in [6.07, 6.45) is 0.956. The van der Waals surface area contributed by atoms with Crippen molar-refractivity contribution in [3.8, 4) is 11.5 Å². The maximum Gasteiger partial charge on any atom is 0.247 e. The van der Waals surface area contributed by atoms with Crippen molar-refractivity contribution in [3.05, 3.63) is 101 Å². The van der Waals surface area contributed by atoms with Gasteiger partial charge in [0, 0.05) is 21.8 Å². The molecule has 1 atom stereocenters. The van der Waals surface area contributed by atoms with Crippen molar-refractivity contribution in [1.82, 2.24) is 10.2 Å². The molecule has 0 unspecified atom stereocenters. The molecule has 4 nitrogen and oxygen atoms in total. The number of nitrogens with one attached hydrogen (secondary N) is 1. The molecule has 0 spiro atoms. The second-order valence-electron chi connectivity index (χ2n) is 6.61. The Labute approximate surface area is 173 Å². The summed E-state index contributed by atoms with van der Waals surface area (Å²) < 4.78 is 19.5. The molecule has 1 N–H and O–H groups in total. The van der Waals surface area contributed by atoms with Gasteiger partial charge in [0.1, 0.15) is 11.9 Å². The monoisotopic (exact) mass is 407 g/mol. The Kier molecular flexibility index (Phi) is 5.58. The molecule has 0 saturated heterocycles. The Morgan fingerprint density at radius 2 is 1.76 bits per heavy atom. The standard InChI is InChI=1S/C23H19ClFN3O/c1-2-15-8-11-18(12-9-15)26-21(19-13-10-17(25)14-20(19)24)23-28-27-22(29-23)16-6-4-3-5-7-16/h3-14,21,26H,2H2,1H3/t21-/m0/s1. The number of aryl methyl sites for hydroxylation is 1. The molecule has 0 aliphatic carbocycles. The number of hydrogen-bond acceptors (Lipinski definition) is 4. The molecule has 3 aromatic carbocycles. The summed E-state index contributed by atoms with van der Waals surface area (Å²) >= 11 is 6.34. The molecule has 29 heavy (non-hydrogen) atoms. The van der Waals surface area contributed by atoms with Crippen LogP contribution in [0.2, 0.25) is 5.02 Å². The van der Waals surface area contributed by atoms with Crippen LogP contribution in [0.25, 0.3) is 11.5 Å². The summed E-state index contributed by atoms with van der Waals surface area (Å²) in [5.74, 6) is 0.351. The van der Waals surface area contributed by atoms with E-state index in [1.807, 2.05) is 42.5 Å². The SMILES string of the molecule is CCc1ccc(N[C@H](c2nnc(-c3ccccc3)o2)c2ccc(F)cc2Cl)cc1. The fourth-order valence-electron chi connectivity index (χ4n) is 3.06. The second kappa shape index (κ2) is 8.45. The van der Waals surface area contributed by atoms with Gasteiger partial charge in [-0.3, -0.25) is 0 Å². The number of hydrogen-bond donors (Lipinski definition) is 1. The van der Waals surface area contributed by atoms with Crippen LogP contribution in [0.1, 0.15) is 30.0 Å². The third-order valence-electron chi connectivity index (χ3n) is 4.66. The highest BCUT2D eigenvalue weighted by atomic mass is 35.5. The molecular formula is C23H19ClFN3O. The molecule has 4 aromatic rings. The van der Waals surface area contributed by atoms with Crippen LogP contribution in [0.3, 0.4) is 0 Å². The van der Waals surface area contributed by atoms with E-state index in [0.717, 1.165) is 17.7 Å². The Balaban J connectivity index is 1.72. The second-order valence-corrected chi connectivity index (χ2v) is 7.01. The number of nitrogens with zero attached hydrogens (tertiary/aromatic N) is 2. The lowest BCUT2D eigenvalue weighted by Crippen LogP contribution is -2.13. The molecule has 1 heterocycles. The molecular weight excluding hydrogens is 389 g/mol. The summed E-state index contributed by atoms with van der Waals surface area (Å²) in [6, 6.07) is 21.3. The van der Waals surface area contributed by atoms with E-state index in [2.05, 4.69) is 34.6 Å². The van der Waals surface area contributed by atoms with Crippen LogP contribution in [-0.4, -0.2) is 10.2 Å². The predicted molar refractivity (Wildman–Crippen MR) is 112 cm³/mol. The molecule has 0 amide bonds. The van der Waals surface area contributed by atoms with E-state index in [1.165, 1.54) is 17.7 Å². The summed E-state index contributed by atoms with van der Waals surface area (Å²) in [5.41, 5.74) is 3.57. The van der Waals surface area contributed by atoms with Crippen molar-refractivity contribution in [2.45, 2.75) is 19.4 Å². The van der Waals surface area contributed by atoms with Crippen molar-refractivity contribution in [1.29, 1.82) is 0 Å². The van der Waals surface area contributed by atoms with Gasteiger partial charge in [-0.15, -0.1) is 10.2 Å². The first-order valence-corrected chi connectivity index (χ1v) is 9.71. The highest BCUT2D eigenvalue weighted by Gasteiger charge is 2.24. The van der Waals surface area contributed by atoms with E-state index >= 15 is 0 Å². The van der Waals surface area contributed by atoms with Crippen LogP contribution in [0.15, 0.2) is 77.2 Å². The molecule has 6 heteroatoms. The molecule has 0 aliphatic heterocycles. The minimum atomic E-state index is -0.527. The first-order chi connectivity index (χ1) is 14.1. The minimum Gasteiger partial charge on any atom is -0.418 e. The quantitative estimate of drug-likeness (QED) is 0.408. The third kappa shape index (κ3) is 4.30. The fourth-order valence-corrected chi connectivity index (χ4v) is 3.34. The first kappa shape index (κ1) is 19.2. The van der Waals surface area contributed by atoms with Crippen LogP contribution in [0.4, 0.5) is 10.1 Å². The summed E-state index contributed by atoms with van der Waals surface area (Å²) in [6.45, 7) is 2.10. The van der Waals surface area contributed by atoms with Crippen molar-refractivity contribution < 1.29 is 8.81 Å². The van der Waals surface area contributed by atoms with Crippen LogP contribution in [-0.2, 0) is 6.42 Å². The number of aromatic nitrogens is 2. The summed E-state index contributed by atoms with van der Waals surface area (Å²) in [7, 11) is 0. The van der Waals surface area contributed by atoms with E-state index in [0.29, 0.717) is 17.3 Å². The van der Waals surface area contributed by atoms with Crippen molar-refractivity contribution in [2.75, 3.05) is 5.32 Å². The highest BCUT2D eigenvalue weighted by Crippen LogP contribution is 2.33.